The minimum atomic E-state index is -4.42. The summed E-state index contributed by atoms with van der Waals surface area (Å²) in [4.78, 5) is 45.7. The molecule has 2 aromatic rings. The number of benzene rings is 2. The molecule has 4 amide bonds. The zero-order valence-electron chi connectivity index (χ0n) is 22.2. The van der Waals surface area contributed by atoms with Crippen molar-refractivity contribution in [1.29, 1.82) is 0 Å². The number of alkyl halides is 3. The molecule has 0 radical (unpaired) electrons. The number of rotatable bonds is 6. The SMILES string of the molecule is COc1ccccc1C1NC(=O)N(C)C2=C1C(=O)N(CCC(=O)N1CCN(c3cccc(C(F)(F)F)c3)CC1)C2. The Morgan fingerprint density at radius 3 is 2.48 bits per heavy atom. The lowest BCUT2D eigenvalue weighted by Gasteiger charge is -2.36. The van der Waals surface area contributed by atoms with Gasteiger partial charge in [-0.3, -0.25) is 14.5 Å². The van der Waals surface area contributed by atoms with E-state index in [-0.39, 0.29) is 37.4 Å². The fourth-order valence-electron chi connectivity index (χ4n) is 5.42. The Morgan fingerprint density at radius 1 is 1.05 bits per heavy atom. The van der Waals surface area contributed by atoms with Crippen molar-refractivity contribution in [2.45, 2.75) is 18.6 Å². The zero-order chi connectivity index (χ0) is 28.6. The molecule has 2 aromatic carbocycles. The summed E-state index contributed by atoms with van der Waals surface area (Å²) in [5.74, 6) is 0.167. The molecule has 5 rings (SSSR count). The van der Waals surface area contributed by atoms with Gasteiger partial charge in [0.05, 0.1) is 36.5 Å². The third-order valence-corrected chi connectivity index (χ3v) is 7.65. The number of hydrogen-bond acceptors (Lipinski definition) is 5. The first-order valence-corrected chi connectivity index (χ1v) is 13.0. The van der Waals surface area contributed by atoms with Crippen LogP contribution in [0, 0.1) is 0 Å². The van der Waals surface area contributed by atoms with Gasteiger partial charge in [-0.2, -0.15) is 13.2 Å². The summed E-state index contributed by atoms with van der Waals surface area (Å²) in [6.45, 7) is 1.94. The molecule has 0 spiro atoms. The highest BCUT2D eigenvalue weighted by Crippen LogP contribution is 2.39. The van der Waals surface area contributed by atoms with Crippen LogP contribution in [0.1, 0.15) is 23.6 Å². The summed E-state index contributed by atoms with van der Waals surface area (Å²) >= 11 is 0. The Labute approximate surface area is 229 Å². The summed E-state index contributed by atoms with van der Waals surface area (Å²) in [7, 11) is 3.13. The predicted octanol–water partition coefficient (Wildman–Crippen LogP) is 3.25. The van der Waals surface area contributed by atoms with Crippen molar-refractivity contribution in [3.8, 4) is 5.75 Å². The molecule has 1 atom stereocenters. The van der Waals surface area contributed by atoms with Crippen LogP contribution < -0.4 is 15.0 Å². The number of amides is 4. The van der Waals surface area contributed by atoms with Crippen LogP contribution in [0.3, 0.4) is 0 Å². The Balaban J connectivity index is 1.20. The Kier molecular flexibility index (Phi) is 7.35. The summed E-state index contributed by atoms with van der Waals surface area (Å²) < 4.78 is 44.7. The molecule has 3 heterocycles. The first-order chi connectivity index (χ1) is 19.1. The van der Waals surface area contributed by atoms with Gasteiger partial charge in [0.2, 0.25) is 5.91 Å². The smallest absolute Gasteiger partial charge is 0.416 e. The molecule has 3 aliphatic rings. The summed E-state index contributed by atoms with van der Waals surface area (Å²) in [5.41, 5.74) is 1.48. The number of nitrogens with one attached hydrogen (secondary N) is 1. The number of methoxy groups -OCH3 is 1. The number of para-hydroxylation sites is 1. The molecule has 0 saturated carbocycles. The molecular formula is C28H30F3N5O4. The molecule has 0 aliphatic carbocycles. The normalized spacial score (nSPS) is 19.7. The predicted molar refractivity (Wildman–Crippen MR) is 140 cm³/mol. The molecule has 3 aliphatic heterocycles. The molecule has 1 N–H and O–H groups in total. The fraction of sp³-hybridized carbons (Fsp3) is 0.393. The van der Waals surface area contributed by atoms with Crippen molar-refractivity contribution in [2.75, 3.05) is 58.3 Å². The molecule has 40 heavy (non-hydrogen) atoms. The highest BCUT2D eigenvalue weighted by atomic mass is 19.4. The van der Waals surface area contributed by atoms with E-state index in [1.165, 1.54) is 18.1 Å². The molecule has 0 aromatic heterocycles. The Morgan fingerprint density at radius 2 is 1.77 bits per heavy atom. The number of ether oxygens (including phenoxy) is 1. The van der Waals surface area contributed by atoms with Crippen molar-refractivity contribution < 1.29 is 32.3 Å². The minimum absolute atomic E-state index is 0.0975. The second-order valence-corrected chi connectivity index (χ2v) is 9.94. The monoisotopic (exact) mass is 557 g/mol. The number of likely N-dealkylation sites (N-methyl/N-ethyl adjacent to an activating group) is 1. The van der Waals surface area contributed by atoms with Crippen LogP contribution in [0.15, 0.2) is 59.8 Å². The number of halogens is 3. The van der Waals surface area contributed by atoms with Gasteiger partial charge in [-0.05, 0) is 24.3 Å². The number of carbonyl (C=O) groups excluding carboxylic acids is 3. The van der Waals surface area contributed by atoms with E-state index < -0.39 is 17.8 Å². The van der Waals surface area contributed by atoms with Crippen molar-refractivity contribution in [3.63, 3.8) is 0 Å². The van der Waals surface area contributed by atoms with E-state index in [9.17, 15) is 27.6 Å². The van der Waals surface area contributed by atoms with Gasteiger partial charge in [-0.25, -0.2) is 4.79 Å². The van der Waals surface area contributed by atoms with Crippen LogP contribution in [-0.4, -0.2) is 86.0 Å². The van der Waals surface area contributed by atoms with Crippen LogP contribution in [-0.2, 0) is 15.8 Å². The lowest BCUT2D eigenvalue weighted by atomic mass is 9.95. The van der Waals surface area contributed by atoms with Crippen molar-refractivity contribution >= 4 is 23.5 Å². The average molecular weight is 558 g/mol. The second kappa shape index (κ2) is 10.7. The maximum atomic E-state index is 13.5. The number of anilines is 1. The maximum absolute atomic E-state index is 13.5. The second-order valence-electron chi connectivity index (χ2n) is 9.94. The zero-order valence-corrected chi connectivity index (χ0v) is 22.2. The van der Waals surface area contributed by atoms with E-state index in [0.29, 0.717) is 54.4 Å². The molecule has 1 fully saturated rings. The van der Waals surface area contributed by atoms with E-state index >= 15 is 0 Å². The lowest BCUT2D eigenvalue weighted by Crippen LogP contribution is -2.49. The third kappa shape index (κ3) is 5.17. The standard InChI is InChI=1S/C28H30F3N5O4/c1-33-21-17-36(26(38)24(21)25(32-27(33)39)20-8-3-4-9-22(20)40-2)11-10-23(37)35-14-12-34(13-15-35)19-7-5-6-18(16-19)28(29,30)31/h3-9,16,25H,10-15,17H2,1-2H3,(H,32,39). The maximum Gasteiger partial charge on any atom is 0.416 e. The summed E-state index contributed by atoms with van der Waals surface area (Å²) in [5, 5.41) is 2.88. The Bertz CT molecular complexity index is 1350. The highest BCUT2D eigenvalue weighted by molar-refractivity contribution is 6.01. The first kappa shape index (κ1) is 27.4. The van der Waals surface area contributed by atoms with E-state index in [1.807, 2.05) is 17.0 Å². The van der Waals surface area contributed by atoms with E-state index in [1.54, 1.807) is 35.0 Å². The van der Waals surface area contributed by atoms with Gasteiger partial charge >= 0.3 is 12.2 Å². The quantitative estimate of drug-likeness (QED) is 0.590. The van der Waals surface area contributed by atoms with Crippen LogP contribution in [0.25, 0.3) is 0 Å². The topological polar surface area (TPSA) is 85.4 Å². The highest BCUT2D eigenvalue weighted by Gasteiger charge is 2.43. The lowest BCUT2D eigenvalue weighted by molar-refractivity contribution is -0.137. The van der Waals surface area contributed by atoms with Crippen LogP contribution in [0.4, 0.5) is 23.7 Å². The third-order valence-electron chi connectivity index (χ3n) is 7.65. The number of hydrogen-bond donors (Lipinski definition) is 1. The summed E-state index contributed by atoms with van der Waals surface area (Å²) in [6.07, 6.45) is -4.32. The number of piperazine rings is 1. The van der Waals surface area contributed by atoms with Gasteiger partial charge in [0.15, 0.2) is 0 Å². The number of urea groups is 1. The minimum Gasteiger partial charge on any atom is -0.496 e. The molecular weight excluding hydrogens is 527 g/mol. The van der Waals surface area contributed by atoms with E-state index in [2.05, 4.69) is 5.32 Å². The van der Waals surface area contributed by atoms with Gasteiger partial charge in [0.25, 0.3) is 5.91 Å². The average Bonchev–Trinajstić information content (AvgIpc) is 3.29. The molecule has 1 saturated heterocycles. The molecule has 0 bridgehead atoms. The number of carbonyl (C=O) groups is 3. The van der Waals surface area contributed by atoms with E-state index in [0.717, 1.165) is 12.1 Å². The van der Waals surface area contributed by atoms with Gasteiger partial charge in [0.1, 0.15) is 5.75 Å². The Hall–Kier alpha value is -4.22. The van der Waals surface area contributed by atoms with Gasteiger partial charge in [0, 0.05) is 57.4 Å². The molecule has 12 heteroatoms. The van der Waals surface area contributed by atoms with Gasteiger partial charge < -0.3 is 24.8 Å². The van der Waals surface area contributed by atoms with Crippen molar-refractivity contribution in [2.24, 2.45) is 0 Å². The van der Waals surface area contributed by atoms with Crippen LogP contribution in [0.5, 0.6) is 5.75 Å². The van der Waals surface area contributed by atoms with E-state index in [4.69, 9.17) is 4.74 Å². The van der Waals surface area contributed by atoms with Gasteiger partial charge in [-0.15, -0.1) is 0 Å². The largest absolute Gasteiger partial charge is 0.496 e. The van der Waals surface area contributed by atoms with Crippen LogP contribution in [0.2, 0.25) is 0 Å². The fourth-order valence-corrected chi connectivity index (χ4v) is 5.42. The number of nitrogens with zero attached hydrogens (tertiary/aromatic N) is 4. The molecule has 212 valence electrons. The van der Waals surface area contributed by atoms with Crippen LogP contribution >= 0.6 is 0 Å². The van der Waals surface area contributed by atoms with Crippen molar-refractivity contribution in [1.82, 2.24) is 20.0 Å². The molecule has 1 unspecified atom stereocenters. The first-order valence-electron chi connectivity index (χ1n) is 13.0. The summed E-state index contributed by atoms with van der Waals surface area (Å²) in [6, 6.07) is 11.4. The van der Waals surface area contributed by atoms with Gasteiger partial charge in [-0.1, -0.05) is 24.3 Å². The molecule has 9 nitrogen and oxygen atoms in total. The van der Waals surface area contributed by atoms with Crippen molar-refractivity contribution in [3.05, 3.63) is 70.9 Å².